The van der Waals surface area contributed by atoms with Crippen molar-refractivity contribution >= 4 is 40.9 Å². The molecule has 1 aromatic rings. The van der Waals surface area contributed by atoms with Crippen LogP contribution >= 0.6 is 35.0 Å². The largest absolute Gasteiger partial charge is 0.480 e. The molecule has 5 heteroatoms. The van der Waals surface area contributed by atoms with Crippen molar-refractivity contribution in [1.82, 2.24) is 0 Å². The van der Waals surface area contributed by atoms with Crippen molar-refractivity contribution in [2.75, 3.05) is 0 Å². The van der Waals surface area contributed by atoms with Gasteiger partial charge in [-0.05, 0) is 30.5 Å². The molecule has 1 aromatic carbocycles. The van der Waals surface area contributed by atoms with Gasteiger partial charge in [0.25, 0.3) is 0 Å². The lowest BCUT2D eigenvalue weighted by atomic mass is 10.0. The standard InChI is InChI=1S/C14H16Cl2O2S/c15-11-7-6-9(8-12(11)16)13(14(17)18)19-10-4-2-1-3-5-10/h6-8,10,13H,1-5H2,(H,17,18)/t13-/m0/s1. The molecule has 0 radical (unpaired) electrons. The Morgan fingerprint density at radius 2 is 1.89 bits per heavy atom. The van der Waals surface area contributed by atoms with Crippen molar-refractivity contribution < 1.29 is 9.90 Å². The van der Waals surface area contributed by atoms with Gasteiger partial charge in [-0.2, -0.15) is 0 Å². The summed E-state index contributed by atoms with van der Waals surface area (Å²) in [5, 5.41) is 10.2. The quantitative estimate of drug-likeness (QED) is 0.830. The SMILES string of the molecule is O=C(O)[C@@H](SC1CCCCC1)c1ccc(Cl)c(Cl)c1. The Morgan fingerprint density at radius 1 is 1.21 bits per heavy atom. The van der Waals surface area contributed by atoms with Crippen molar-refractivity contribution in [2.45, 2.75) is 42.6 Å². The molecule has 104 valence electrons. The van der Waals surface area contributed by atoms with Crippen molar-refractivity contribution in [2.24, 2.45) is 0 Å². The fourth-order valence-electron chi connectivity index (χ4n) is 2.35. The van der Waals surface area contributed by atoms with Gasteiger partial charge in [0.05, 0.1) is 10.0 Å². The fourth-order valence-corrected chi connectivity index (χ4v) is 4.07. The van der Waals surface area contributed by atoms with Crippen LogP contribution in [0.4, 0.5) is 0 Å². The maximum absolute atomic E-state index is 11.5. The Morgan fingerprint density at radius 3 is 2.47 bits per heavy atom. The smallest absolute Gasteiger partial charge is 0.321 e. The molecule has 19 heavy (non-hydrogen) atoms. The van der Waals surface area contributed by atoms with Crippen LogP contribution in [-0.4, -0.2) is 16.3 Å². The first-order chi connectivity index (χ1) is 9.08. The lowest BCUT2D eigenvalue weighted by Crippen LogP contribution is -2.15. The van der Waals surface area contributed by atoms with E-state index in [0.717, 1.165) is 18.4 Å². The molecule has 0 spiro atoms. The predicted molar refractivity (Wildman–Crippen MR) is 81.3 cm³/mol. The lowest BCUT2D eigenvalue weighted by molar-refractivity contribution is -0.136. The first kappa shape index (κ1) is 15.0. The Labute approximate surface area is 127 Å². The average molecular weight is 319 g/mol. The van der Waals surface area contributed by atoms with Gasteiger partial charge >= 0.3 is 5.97 Å². The third-order valence-electron chi connectivity index (χ3n) is 3.35. The zero-order chi connectivity index (χ0) is 13.8. The van der Waals surface area contributed by atoms with E-state index in [2.05, 4.69) is 0 Å². The summed E-state index contributed by atoms with van der Waals surface area (Å²) >= 11 is 13.4. The molecule has 1 N–H and O–H groups in total. The van der Waals surface area contributed by atoms with E-state index < -0.39 is 11.2 Å². The first-order valence-corrected chi connectivity index (χ1v) is 8.11. The zero-order valence-corrected chi connectivity index (χ0v) is 12.8. The van der Waals surface area contributed by atoms with Gasteiger partial charge in [-0.3, -0.25) is 4.79 Å². The third-order valence-corrected chi connectivity index (χ3v) is 5.69. The van der Waals surface area contributed by atoms with Gasteiger partial charge < -0.3 is 5.11 Å². The molecule has 0 aliphatic heterocycles. The second-order valence-corrected chi connectivity index (χ2v) is 7.01. The summed E-state index contributed by atoms with van der Waals surface area (Å²) in [7, 11) is 0. The van der Waals surface area contributed by atoms with E-state index >= 15 is 0 Å². The number of carboxylic acids is 1. The molecule has 0 unspecified atom stereocenters. The molecule has 1 aliphatic carbocycles. The minimum Gasteiger partial charge on any atom is -0.480 e. The molecular formula is C14H16Cl2O2S. The van der Waals surface area contributed by atoms with E-state index in [9.17, 15) is 9.90 Å². The van der Waals surface area contributed by atoms with Gasteiger partial charge in [0.15, 0.2) is 0 Å². The number of carbonyl (C=O) groups is 1. The number of thioether (sulfide) groups is 1. The average Bonchev–Trinajstić information content (AvgIpc) is 2.40. The summed E-state index contributed by atoms with van der Waals surface area (Å²) < 4.78 is 0. The van der Waals surface area contributed by atoms with Gasteiger partial charge in [-0.15, -0.1) is 11.8 Å². The van der Waals surface area contributed by atoms with E-state index in [4.69, 9.17) is 23.2 Å². The zero-order valence-electron chi connectivity index (χ0n) is 10.4. The summed E-state index contributed by atoms with van der Waals surface area (Å²) in [4.78, 5) is 11.5. The van der Waals surface area contributed by atoms with Crippen molar-refractivity contribution in [3.63, 3.8) is 0 Å². The second-order valence-electron chi connectivity index (χ2n) is 4.79. The van der Waals surface area contributed by atoms with E-state index in [-0.39, 0.29) is 0 Å². The van der Waals surface area contributed by atoms with Gasteiger partial charge in [0.2, 0.25) is 0 Å². The van der Waals surface area contributed by atoms with Gasteiger partial charge in [-0.1, -0.05) is 48.5 Å². The molecule has 1 aliphatic rings. The summed E-state index contributed by atoms with van der Waals surface area (Å²) in [6.45, 7) is 0. The number of rotatable bonds is 4. The normalized spacial score (nSPS) is 18.2. The highest BCUT2D eigenvalue weighted by Crippen LogP contribution is 2.40. The molecule has 0 heterocycles. The Bertz CT molecular complexity index is 459. The monoisotopic (exact) mass is 318 g/mol. The van der Waals surface area contributed by atoms with Crippen LogP contribution in [-0.2, 0) is 4.79 Å². The molecule has 1 saturated carbocycles. The molecule has 1 fully saturated rings. The number of hydrogen-bond donors (Lipinski definition) is 1. The van der Waals surface area contributed by atoms with Crippen molar-refractivity contribution in [3.05, 3.63) is 33.8 Å². The highest BCUT2D eigenvalue weighted by Gasteiger charge is 2.26. The van der Waals surface area contributed by atoms with Crippen LogP contribution in [0.3, 0.4) is 0 Å². The Hall–Kier alpha value is -0.380. The van der Waals surface area contributed by atoms with Crippen LogP contribution in [0.5, 0.6) is 0 Å². The fraction of sp³-hybridized carbons (Fsp3) is 0.500. The van der Waals surface area contributed by atoms with Crippen molar-refractivity contribution in [1.29, 1.82) is 0 Å². The highest BCUT2D eigenvalue weighted by atomic mass is 35.5. The molecular weight excluding hydrogens is 303 g/mol. The maximum atomic E-state index is 11.5. The number of carboxylic acid groups (broad SMARTS) is 1. The first-order valence-electron chi connectivity index (χ1n) is 6.41. The molecule has 0 saturated heterocycles. The molecule has 0 aromatic heterocycles. The summed E-state index contributed by atoms with van der Waals surface area (Å²) in [5.41, 5.74) is 0.720. The Kier molecular flexibility index (Phi) is 5.43. The third kappa shape index (κ3) is 4.04. The van der Waals surface area contributed by atoms with E-state index in [0.29, 0.717) is 15.3 Å². The topological polar surface area (TPSA) is 37.3 Å². The van der Waals surface area contributed by atoms with Gasteiger partial charge in [0.1, 0.15) is 5.25 Å². The predicted octanol–water partition coefficient (Wildman–Crippen LogP) is 5.19. The van der Waals surface area contributed by atoms with Crippen LogP contribution in [0.1, 0.15) is 42.9 Å². The van der Waals surface area contributed by atoms with Crippen LogP contribution < -0.4 is 0 Å². The summed E-state index contributed by atoms with van der Waals surface area (Å²) in [6.07, 6.45) is 5.88. The maximum Gasteiger partial charge on any atom is 0.321 e. The van der Waals surface area contributed by atoms with E-state index in [1.54, 1.807) is 30.0 Å². The number of aliphatic carboxylic acids is 1. The minimum atomic E-state index is -0.811. The number of hydrogen-bond acceptors (Lipinski definition) is 2. The molecule has 2 nitrogen and oxygen atoms in total. The van der Waals surface area contributed by atoms with Gasteiger partial charge in [0, 0.05) is 5.25 Å². The van der Waals surface area contributed by atoms with Crippen LogP contribution in [0, 0.1) is 0 Å². The van der Waals surface area contributed by atoms with Crippen LogP contribution in [0.15, 0.2) is 18.2 Å². The van der Waals surface area contributed by atoms with Crippen LogP contribution in [0.25, 0.3) is 0 Å². The minimum absolute atomic E-state index is 0.412. The number of benzene rings is 1. The second kappa shape index (κ2) is 6.87. The van der Waals surface area contributed by atoms with E-state index in [1.807, 2.05) is 0 Å². The molecule has 0 bridgehead atoms. The molecule has 1 atom stereocenters. The number of halogens is 2. The van der Waals surface area contributed by atoms with Crippen LogP contribution in [0.2, 0.25) is 10.0 Å². The highest BCUT2D eigenvalue weighted by molar-refractivity contribution is 8.00. The lowest BCUT2D eigenvalue weighted by Gasteiger charge is -2.24. The molecule has 2 rings (SSSR count). The van der Waals surface area contributed by atoms with Gasteiger partial charge in [-0.25, -0.2) is 0 Å². The summed E-state index contributed by atoms with van der Waals surface area (Å²) in [5.74, 6) is -0.811. The Balaban J connectivity index is 2.14. The molecule has 0 amide bonds. The van der Waals surface area contributed by atoms with E-state index in [1.165, 1.54) is 19.3 Å². The van der Waals surface area contributed by atoms with Crippen molar-refractivity contribution in [3.8, 4) is 0 Å². The summed E-state index contributed by atoms with van der Waals surface area (Å²) in [6, 6.07) is 5.08.